The molecule has 0 saturated carbocycles. The van der Waals surface area contributed by atoms with Gasteiger partial charge in [-0.1, -0.05) is 18.2 Å². The number of carboxylic acids is 1. The summed E-state index contributed by atoms with van der Waals surface area (Å²) in [5.74, 6) is -0.913. The van der Waals surface area contributed by atoms with Gasteiger partial charge in [-0.25, -0.2) is 9.78 Å². The van der Waals surface area contributed by atoms with Crippen molar-refractivity contribution in [1.82, 2.24) is 9.38 Å². The number of aromatic nitrogens is 2. The predicted octanol–water partition coefficient (Wildman–Crippen LogP) is 3.81. The fourth-order valence-electron chi connectivity index (χ4n) is 3.78. The van der Waals surface area contributed by atoms with Gasteiger partial charge >= 0.3 is 5.97 Å². The van der Waals surface area contributed by atoms with Crippen LogP contribution in [0, 0.1) is 0 Å². The van der Waals surface area contributed by atoms with Gasteiger partial charge < -0.3 is 10.0 Å². The van der Waals surface area contributed by atoms with Gasteiger partial charge in [-0.2, -0.15) is 0 Å². The summed E-state index contributed by atoms with van der Waals surface area (Å²) >= 11 is 0. The summed E-state index contributed by atoms with van der Waals surface area (Å²) in [6.45, 7) is 2.29. The molecule has 5 heteroatoms. The maximum atomic E-state index is 11.7. The van der Waals surface area contributed by atoms with Gasteiger partial charge in [0.2, 0.25) is 0 Å². The number of hydrogen-bond donors (Lipinski definition) is 1. The van der Waals surface area contributed by atoms with Crippen molar-refractivity contribution in [2.75, 3.05) is 18.0 Å². The molecule has 134 valence electrons. The van der Waals surface area contributed by atoms with Crippen molar-refractivity contribution >= 4 is 17.3 Å². The van der Waals surface area contributed by atoms with E-state index < -0.39 is 5.97 Å². The molecule has 5 nitrogen and oxygen atoms in total. The lowest BCUT2D eigenvalue weighted by Gasteiger charge is -2.28. The number of rotatable bonds is 5. The van der Waals surface area contributed by atoms with Crippen LogP contribution in [0.2, 0.25) is 0 Å². The predicted molar refractivity (Wildman–Crippen MR) is 102 cm³/mol. The third-order valence-corrected chi connectivity index (χ3v) is 5.19. The Kier molecular flexibility index (Phi) is 4.61. The number of fused-ring (bicyclic) bond motifs is 1. The smallest absolute Gasteiger partial charge is 0.353 e. The maximum absolute atomic E-state index is 11.7. The van der Waals surface area contributed by atoms with Crippen LogP contribution in [-0.4, -0.2) is 33.6 Å². The molecule has 1 aliphatic heterocycles. The highest BCUT2D eigenvalue weighted by Gasteiger charge is 2.15. The van der Waals surface area contributed by atoms with E-state index in [1.54, 1.807) is 16.8 Å². The minimum atomic E-state index is -0.913. The molecular weight excluding hydrogens is 326 g/mol. The van der Waals surface area contributed by atoms with E-state index >= 15 is 0 Å². The first kappa shape index (κ1) is 16.6. The van der Waals surface area contributed by atoms with Crippen molar-refractivity contribution < 1.29 is 9.90 Å². The van der Waals surface area contributed by atoms with Gasteiger partial charge in [0.1, 0.15) is 11.3 Å². The van der Waals surface area contributed by atoms with E-state index in [0.717, 1.165) is 25.1 Å². The number of benzene rings is 1. The second-order valence-corrected chi connectivity index (χ2v) is 6.88. The molecule has 0 aliphatic carbocycles. The number of nitrogens with zero attached hydrogens (tertiary/aromatic N) is 3. The highest BCUT2D eigenvalue weighted by atomic mass is 16.4. The fraction of sp³-hybridized carbons (Fsp3) is 0.333. The number of piperidine rings is 1. The van der Waals surface area contributed by atoms with Crippen molar-refractivity contribution in [3.63, 3.8) is 0 Å². The normalized spacial score (nSPS) is 14.7. The molecule has 0 radical (unpaired) electrons. The summed E-state index contributed by atoms with van der Waals surface area (Å²) in [6.07, 6.45) is 8.73. The Bertz CT molecular complexity index is 909. The van der Waals surface area contributed by atoms with Gasteiger partial charge in [-0.15, -0.1) is 0 Å². The third-order valence-electron chi connectivity index (χ3n) is 5.19. The molecule has 0 amide bonds. The van der Waals surface area contributed by atoms with E-state index in [-0.39, 0.29) is 0 Å². The average molecular weight is 349 g/mol. The molecule has 0 bridgehead atoms. The van der Waals surface area contributed by atoms with Crippen LogP contribution in [0.15, 0.2) is 48.8 Å². The van der Waals surface area contributed by atoms with Crippen LogP contribution in [0.3, 0.4) is 0 Å². The number of carboxylic acid groups (broad SMARTS) is 1. The summed E-state index contributed by atoms with van der Waals surface area (Å²) in [5.41, 5.74) is 4.33. The molecular formula is C21H23N3O2. The minimum Gasteiger partial charge on any atom is -0.477 e. The van der Waals surface area contributed by atoms with Crippen molar-refractivity contribution in [2.24, 2.45) is 0 Å². The Hall–Kier alpha value is -2.82. The molecule has 1 aromatic carbocycles. The zero-order chi connectivity index (χ0) is 17.9. The van der Waals surface area contributed by atoms with E-state index in [0.29, 0.717) is 17.8 Å². The Morgan fingerprint density at radius 2 is 1.77 bits per heavy atom. The number of anilines is 1. The van der Waals surface area contributed by atoms with Crippen LogP contribution in [0.25, 0.3) is 5.65 Å². The lowest BCUT2D eigenvalue weighted by atomic mass is 10.0. The van der Waals surface area contributed by atoms with Crippen molar-refractivity contribution in [1.29, 1.82) is 0 Å². The fourth-order valence-corrected chi connectivity index (χ4v) is 3.78. The Labute approximate surface area is 152 Å². The van der Waals surface area contributed by atoms with Gasteiger partial charge in [-0.3, -0.25) is 4.40 Å². The molecule has 2 aromatic heterocycles. The third kappa shape index (κ3) is 3.29. The van der Waals surface area contributed by atoms with Gasteiger partial charge in [0.15, 0.2) is 0 Å². The molecule has 0 unspecified atom stereocenters. The SMILES string of the molecule is O=C(O)c1c(CCc2ccc(N3CCCCC3)cc2)ccc2nccn12. The number of aromatic carboxylic acids is 1. The number of hydrogen-bond acceptors (Lipinski definition) is 3. The number of aryl methyl sites for hydroxylation is 2. The number of carbonyl (C=O) groups is 1. The second-order valence-electron chi connectivity index (χ2n) is 6.88. The van der Waals surface area contributed by atoms with Crippen LogP contribution >= 0.6 is 0 Å². The second kappa shape index (κ2) is 7.20. The van der Waals surface area contributed by atoms with Crippen LogP contribution < -0.4 is 4.90 Å². The lowest BCUT2D eigenvalue weighted by Crippen LogP contribution is -2.29. The Balaban J connectivity index is 1.49. The molecule has 26 heavy (non-hydrogen) atoms. The Morgan fingerprint density at radius 1 is 1.00 bits per heavy atom. The monoisotopic (exact) mass is 349 g/mol. The molecule has 0 spiro atoms. The van der Waals surface area contributed by atoms with E-state index in [1.807, 2.05) is 12.1 Å². The van der Waals surface area contributed by atoms with E-state index in [9.17, 15) is 9.90 Å². The highest BCUT2D eigenvalue weighted by molar-refractivity contribution is 5.88. The van der Waals surface area contributed by atoms with Crippen molar-refractivity contribution in [2.45, 2.75) is 32.1 Å². The summed E-state index contributed by atoms with van der Waals surface area (Å²) in [4.78, 5) is 18.3. The van der Waals surface area contributed by atoms with Crippen molar-refractivity contribution in [3.8, 4) is 0 Å². The van der Waals surface area contributed by atoms with Crippen LogP contribution in [0.1, 0.15) is 40.9 Å². The van der Waals surface area contributed by atoms with Gasteiger partial charge in [0.05, 0.1) is 0 Å². The lowest BCUT2D eigenvalue weighted by molar-refractivity contribution is 0.0687. The van der Waals surface area contributed by atoms with E-state index in [4.69, 9.17) is 0 Å². The first-order valence-corrected chi connectivity index (χ1v) is 9.24. The van der Waals surface area contributed by atoms with Crippen molar-refractivity contribution in [3.05, 3.63) is 65.6 Å². The van der Waals surface area contributed by atoms with E-state index in [1.165, 1.54) is 30.5 Å². The molecule has 3 aromatic rings. The molecule has 1 aliphatic rings. The maximum Gasteiger partial charge on any atom is 0.353 e. The number of imidazole rings is 1. The summed E-state index contributed by atoms with van der Waals surface area (Å²) in [7, 11) is 0. The first-order valence-electron chi connectivity index (χ1n) is 9.24. The zero-order valence-electron chi connectivity index (χ0n) is 14.8. The molecule has 1 saturated heterocycles. The molecule has 1 N–H and O–H groups in total. The quantitative estimate of drug-likeness (QED) is 0.761. The molecule has 0 atom stereocenters. The highest BCUT2D eigenvalue weighted by Crippen LogP contribution is 2.21. The van der Waals surface area contributed by atoms with Crippen LogP contribution in [-0.2, 0) is 12.8 Å². The first-order chi connectivity index (χ1) is 12.7. The van der Waals surface area contributed by atoms with Gasteiger partial charge in [-0.05, 0) is 61.4 Å². The molecule has 3 heterocycles. The Morgan fingerprint density at radius 3 is 2.50 bits per heavy atom. The van der Waals surface area contributed by atoms with Crippen LogP contribution in [0.5, 0.6) is 0 Å². The summed E-state index contributed by atoms with van der Waals surface area (Å²) in [6, 6.07) is 12.5. The van der Waals surface area contributed by atoms with E-state index in [2.05, 4.69) is 34.1 Å². The average Bonchev–Trinajstić information content (AvgIpc) is 3.15. The zero-order valence-corrected chi connectivity index (χ0v) is 14.8. The molecule has 4 rings (SSSR count). The summed E-state index contributed by atoms with van der Waals surface area (Å²) < 4.78 is 1.65. The number of pyridine rings is 1. The minimum absolute atomic E-state index is 0.310. The van der Waals surface area contributed by atoms with Gasteiger partial charge in [0.25, 0.3) is 0 Å². The summed E-state index contributed by atoms with van der Waals surface area (Å²) in [5, 5.41) is 9.61. The topological polar surface area (TPSA) is 57.8 Å². The largest absolute Gasteiger partial charge is 0.477 e. The van der Waals surface area contributed by atoms with Crippen LogP contribution in [0.4, 0.5) is 5.69 Å². The molecule has 1 fully saturated rings. The standard InChI is InChI=1S/C21H23N3O2/c25-21(26)20-17(8-11-19-22-12-15-24(19)20)7-4-16-5-9-18(10-6-16)23-13-2-1-3-14-23/h5-6,8-12,15H,1-4,7,13-14H2,(H,25,26). The van der Waals surface area contributed by atoms with Gasteiger partial charge in [0, 0.05) is 31.2 Å².